The van der Waals surface area contributed by atoms with Gasteiger partial charge in [0.1, 0.15) is 5.75 Å². The number of ether oxygens (including phenoxy) is 1. The van der Waals surface area contributed by atoms with Gasteiger partial charge in [0, 0.05) is 11.1 Å². The molecule has 0 fully saturated rings. The molecule has 0 aliphatic rings. The Balaban J connectivity index is 1.62. The van der Waals surface area contributed by atoms with Gasteiger partial charge < -0.3 is 10.1 Å². The minimum absolute atomic E-state index is 0.0541. The second-order valence-electron chi connectivity index (χ2n) is 7.44. The Bertz CT molecular complexity index is 1230. The fraction of sp³-hybridized carbons (Fsp3) is 0.292. The predicted octanol–water partition coefficient (Wildman–Crippen LogP) is 5.41. The minimum Gasteiger partial charge on any atom is -0.494 e. The summed E-state index contributed by atoms with van der Waals surface area (Å²) in [7, 11) is 0. The van der Waals surface area contributed by atoms with Gasteiger partial charge in [-0.1, -0.05) is 36.9 Å². The van der Waals surface area contributed by atoms with Crippen LogP contribution in [0.5, 0.6) is 5.75 Å². The number of nitrogens with zero attached hydrogens (tertiary/aromatic N) is 3. The van der Waals surface area contributed by atoms with Gasteiger partial charge in [0.25, 0.3) is 0 Å². The number of carbonyl (C=O) groups excluding carboxylic acids is 1. The van der Waals surface area contributed by atoms with Crippen LogP contribution in [-0.4, -0.2) is 32.4 Å². The van der Waals surface area contributed by atoms with E-state index in [1.54, 1.807) is 0 Å². The van der Waals surface area contributed by atoms with Gasteiger partial charge in [-0.2, -0.15) is 0 Å². The van der Waals surface area contributed by atoms with Crippen molar-refractivity contribution in [2.45, 2.75) is 44.5 Å². The van der Waals surface area contributed by atoms with Crippen molar-refractivity contribution in [3.8, 4) is 5.75 Å². The number of pyridine rings is 1. The molecule has 2 aromatic carbocycles. The van der Waals surface area contributed by atoms with Crippen molar-refractivity contribution in [2.24, 2.45) is 0 Å². The number of aromatic nitrogens is 3. The number of hydrogen-bond acceptors (Lipinski definition) is 5. The van der Waals surface area contributed by atoms with E-state index in [2.05, 4.69) is 52.0 Å². The van der Waals surface area contributed by atoms with Gasteiger partial charge in [-0.3, -0.25) is 9.20 Å². The van der Waals surface area contributed by atoms with Crippen molar-refractivity contribution >= 4 is 39.9 Å². The van der Waals surface area contributed by atoms with E-state index >= 15 is 0 Å². The van der Waals surface area contributed by atoms with Crippen molar-refractivity contribution in [1.82, 2.24) is 14.6 Å². The maximum absolute atomic E-state index is 13.0. The molecule has 1 N–H and O–H groups in total. The number of fused-ring (bicyclic) bond motifs is 3. The number of hydrogen-bond donors (Lipinski definition) is 1. The molecule has 0 saturated heterocycles. The number of carbonyl (C=O) groups is 1. The summed E-state index contributed by atoms with van der Waals surface area (Å²) in [6.45, 7) is 8.74. The summed E-state index contributed by atoms with van der Waals surface area (Å²) in [6.07, 6.45) is 0.672. The van der Waals surface area contributed by atoms with Crippen LogP contribution in [0.3, 0.4) is 0 Å². The Morgan fingerprint density at radius 3 is 2.58 bits per heavy atom. The first kappa shape index (κ1) is 21.2. The molecule has 4 rings (SSSR count). The number of amides is 1. The number of rotatable bonds is 7. The molecule has 160 valence electrons. The lowest BCUT2D eigenvalue weighted by atomic mass is 10.1. The van der Waals surface area contributed by atoms with Crippen molar-refractivity contribution in [1.29, 1.82) is 0 Å². The molecular weight excluding hydrogens is 408 g/mol. The van der Waals surface area contributed by atoms with Crippen LogP contribution < -0.4 is 10.1 Å². The largest absolute Gasteiger partial charge is 0.494 e. The topological polar surface area (TPSA) is 68.5 Å². The SMILES string of the molecule is CCOc1ccc(NC(=O)C(CC)Sc2nnc3cc(C)c4cccc(C)c4n23)cc1. The molecule has 0 spiro atoms. The van der Waals surface area contributed by atoms with Crippen LogP contribution in [0.1, 0.15) is 31.4 Å². The van der Waals surface area contributed by atoms with Gasteiger partial charge in [0.05, 0.1) is 17.4 Å². The summed E-state index contributed by atoms with van der Waals surface area (Å²) in [5.74, 6) is 0.732. The summed E-state index contributed by atoms with van der Waals surface area (Å²) in [6, 6.07) is 15.7. The van der Waals surface area contributed by atoms with Gasteiger partial charge in [-0.05, 0) is 68.7 Å². The van der Waals surface area contributed by atoms with Crippen molar-refractivity contribution in [2.75, 3.05) is 11.9 Å². The Kier molecular flexibility index (Phi) is 6.13. The summed E-state index contributed by atoms with van der Waals surface area (Å²) in [4.78, 5) is 13.0. The highest BCUT2D eigenvalue weighted by atomic mass is 32.2. The molecule has 1 unspecified atom stereocenters. The molecule has 0 radical (unpaired) electrons. The second kappa shape index (κ2) is 8.98. The van der Waals surface area contributed by atoms with E-state index in [9.17, 15) is 4.79 Å². The van der Waals surface area contributed by atoms with E-state index in [4.69, 9.17) is 4.74 Å². The van der Waals surface area contributed by atoms with Gasteiger partial charge in [0.15, 0.2) is 10.8 Å². The van der Waals surface area contributed by atoms with Gasteiger partial charge in [0.2, 0.25) is 5.91 Å². The first-order valence-corrected chi connectivity index (χ1v) is 11.3. The Morgan fingerprint density at radius 1 is 1.10 bits per heavy atom. The molecule has 0 aliphatic heterocycles. The van der Waals surface area contributed by atoms with E-state index in [0.29, 0.717) is 13.0 Å². The molecule has 0 aliphatic carbocycles. The molecule has 0 saturated carbocycles. The molecule has 7 heteroatoms. The van der Waals surface area contributed by atoms with E-state index in [1.807, 2.05) is 44.2 Å². The van der Waals surface area contributed by atoms with Crippen LogP contribution in [0, 0.1) is 13.8 Å². The minimum atomic E-state index is -0.292. The summed E-state index contributed by atoms with van der Waals surface area (Å²) >= 11 is 1.45. The van der Waals surface area contributed by atoms with E-state index in [1.165, 1.54) is 17.1 Å². The second-order valence-corrected chi connectivity index (χ2v) is 8.61. The Labute approximate surface area is 186 Å². The third kappa shape index (κ3) is 4.23. The van der Waals surface area contributed by atoms with Gasteiger partial charge in [-0.25, -0.2) is 0 Å². The number of para-hydroxylation sites is 1. The van der Waals surface area contributed by atoms with Crippen LogP contribution in [0.15, 0.2) is 53.7 Å². The normalized spacial score (nSPS) is 12.3. The van der Waals surface area contributed by atoms with Crippen molar-refractivity contribution in [3.05, 3.63) is 59.7 Å². The summed E-state index contributed by atoms with van der Waals surface area (Å²) in [5, 5.41) is 13.4. The lowest BCUT2D eigenvalue weighted by molar-refractivity contribution is -0.115. The highest BCUT2D eigenvalue weighted by Crippen LogP contribution is 2.31. The quantitative estimate of drug-likeness (QED) is 0.394. The third-order valence-electron chi connectivity index (χ3n) is 5.23. The monoisotopic (exact) mass is 434 g/mol. The number of aryl methyl sites for hydroxylation is 2. The predicted molar refractivity (Wildman–Crippen MR) is 126 cm³/mol. The third-order valence-corrected chi connectivity index (χ3v) is 6.54. The fourth-order valence-corrected chi connectivity index (χ4v) is 4.65. The average molecular weight is 435 g/mol. The smallest absolute Gasteiger partial charge is 0.237 e. The van der Waals surface area contributed by atoms with Gasteiger partial charge in [-0.15, -0.1) is 10.2 Å². The van der Waals surface area contributed by atoms with Crippen LogP contribution in [0.2, 0.25) is 0 Å². The molecule has 2 aromatic heterocycles. The zero-order valence-corrected chi connectivity index (χ0v) is 19.0. The Morgan fingerprint density at radius 2 is 1.87 bits per heavy atom. The van der Waals surface area contributed by atoms with E-state index in [-0.39, 0.29) is 11.2 Å². The maximum Gasteiger partial charge on any atom is 0.237 e. The molecule has 1 atom stereocenters. The van der Waals surface area contributed by atoms with Crippen LogP contribution in [0.25, 0.3) is 16.6 Å². The molecule has 0 bridgehead atoms. The van der Waals surface area contributed by atoms with Crippen molar-refractivity contribution in [3.63, 3.8) is 0 Å². The van der Waals surface area contributed by atoms with Crippen molar-refractivity contribution < 1.29 is 9.53 Å². The highest BCUT2D eigenvalue weighted by Gasteiger charge is 2.22. The van der Waals surface area contributed by atoms with Crippen LogP contribution in [-0.2, 0) is 4.79 Å². The zero-order valence-electron chi connectivity index (χ0n) is 18.2. The lowest BCUT2D eigenvalue weighted by Crippen LogP contribution is -2.24. The summed E-state index contributed by atoms with van der Waals surface area (Å²) in [5.41, 5.74) is 4.95. The standard InChI is InChI=1S/C24H26N4O2S/c1-5-20(23(29)25-17-10-12-18(13-11-17)30-6-2)31-24-27-26-21-14-16(4)19-9-7-8-15(3)22(19)28(21)24/h7-14,20H,5-6H2,1-4H3,(H,25,29). The van der Waals surface area contributed by atoms with E-state index < -0.39 is 0 Å². The number of thioether (sulfide) groups is 1. The molecule has 2 heterocycles. The fourth-order valence-electron chi connectivity index (χ4n) is 3.68. The van der Waals surface area contributed by atoms with Crippen LogP contribution in [0.4, 0.5) is 5.69 Å². The van der Waals surface area contributed by atoms with E-state index in [0.717, 1.165) is 38.9 Å². The van der Waals surface area contributed by atoms with Gasteiger partial charge >= 0.3 is 0 Å². The molecule has 4 aromatic rings. The maximum atomic E-state index is 13.0. The molecule has 1 amide bonds. The number of nitrogens with one attached hydrogen (secondary N) is 1. The highest BCUT2D eigenvalue weighted by molar-refractivity contribution is 8.00. The lowest BCUT2D eigenvalue weighted by Gasteiger charge is -2.15. The number of benzene rings is 2. The average Bonchev–Trinajstić information content (AvgIpc) is 3.16. The first-order valence-electron chi connectivity index (χ1n) is 10.5. The molecular formula is C24H26N4O2S. The van der Waals surface area contributed by atoms with Crippen LogP contribution >= 0.6 is 11.8 Å². The zero-order chi connectivity index (χ0) is 22.0. The summed E-state index contributed by atoms with van der Waals surface area (Å²) < 4.78 is 7.53. The number of anilines is 1. The first-order chi connectivity index (χ1) is 15.0. The molecule has 6 nitrogen and oxygen atoms in total. The Hall–Kier alpha value is -3.06. The molecule has 31 heavy (non-hydrogen) atoms.